The van der Waals surface area contributed by atoms with E-state index in [1.54, 1.807) is 21.1 Å². The Labute approximate surface area is 172 Å². The molecule has 4 aromatic rings. The summed E-state index contributed by atoms with van der Waals surface area (Å²) in [4.78, 5) is 0. The number of tetrazole rings is 1. The molecule has 0 saturated carbocycles. The van der Waals surface area contributed by atoms with E-state index in [-0.39, 0.29) is 0 Å². The summed E-state index contributed by atoms with van der Waals surface area (Å²) in [5, 5.41) is 18.2. The van der Waals surface area contributed by atoms with Gasteiger partial charge in [0.2, 0.25) is 5.16 Å². The molecule has 0 atom stereocenters. The summed E-state index contributed by atoms with van der Waals surface area (Å²) in [5.41, 5.74) is 6.07. The lowest BCUT2D eigenvalue weighted by Crippen LogP contribution is -2.04. The lowest BCUT2D eigenvalue weighted by molar-refractivity contribution is 0.747. The van der Waals surface area contributed by atoms with E-state index < -0.39 is 0 Å². The standard InChI is InChI=1S/C20H19ClN6S/c1-13-8-7-9-14(2)18(13)27-20(22-24-25-27)28-12-17-15(3)23-26(19(17)21)16-10-5-4-6-11-16/h4-11H,12H2,1-3H3. The van der Waals surface area contributed by atoms with Crippen LogP contribution in [0.1, 0.15) is 22.4 Å². The molecule has 2 heterocycles. The van der Waals surface area contributed by atoms with E-state index in [0.717, 1.165) is 38.9 Å². The number of hydrogen-bond donors (Lipinski definition) is 0. The van der Waals surface area contributed by atoms with Crippen LogP contribution in [0.3, 0.4) is 0 Å². The van der Waals surface area contributed by atoms with Crippen LogP contribution >= 0.6 is 23.4 Å². The van der Waals surface area contributed by atoms with Crippen molar-refractivity contribution in [2.24, 2.45) is 0 Å². The molecule has 0 aliphatic carbocycles. The minimum Gasteiger partial charge on any atom is -0.222 e. The highest BCUT2D eigenvalue weighted by molar-refractivity contribution is 7.98. The van der Waals surface area contributed by atoms with E-state index >= 15 is 0 Å². The number of benzene rings is 2. The maximum absolute atomic E-state index is 6.64. The van der Waals surface area contributed by atoms with Gasteiger partial charge >= 0.3 is 0 Å². The monoisotopic (exact) mass is 410 g/mol. The quantitative estimate of drug-likeness (QED) is 0.445. The number of rotatable bonds is 5. The zero-order valence-corrected chi connectivity index (χ0v) is 17.4. The van der Waals surface area contributed by atoms with Gasteiger partial charge in [0.25, 0.3) is 0 Å². The first kappa shape index (κ1) is 18.7. The summed E-state index contributed by atoms with van der Waals surface area (Å²) < 4.78 is 3.56. The molecule has 0 N–H and O–H groups in total. The molecule has 0 unspecified atom stereocenters. The Hall–Kier alpha value is -2.64. The molecule has 2 aromatic heterocycles. The maximum Gasteiger partial charge on any atom is 0.214 e. The van der Waals surface area contributed by atoms with Crippen LogP contribution in [0.25, 0.3) is 11.4 Å². The van der Waals surface area contributed by atoms with Gasteiger partial charge in [0, 0.05) is 11.3 Å². The first-order valence-electron chi connectivity index (χ1n) is 8.83. The SMILES string of the molecule is Cc1cccc(C)c1-n1nnnc1SCc1c(C)nn(-c2ccccc2)c1Cl. The molecule has 0 aliphatic rings. The highest BCUT2D eigenvalue weighted by atomic mass is 35.5. The van der Waals surface area contributed by atoms with Crippen molar-refractivity contribution < 1.29 is 0 Å². The van der Waals surface area contributed by atoms with Crippen LogP contribution in [-0.2, 0) is 5.75 Å². The number of halogens is 1. The van der Waals surface area contributed by atoms with Gasteiger partial charge in [0.15, 0.2) is 0 Å². The molecule has 8 heteroatoms. The Bertz CT molecular complexity index is 1100. The van der Waals surface area contributed by atoms with Crippen LogP contribution in [-0.4, -0.2) is 30.0 Å². The number of aryl methyl sites for hydroxylation is 3. The number of aromatic nitrogens is 6. The highest BCUT2D eigenvalue weighted by Crippen LogP contribution is 2.31. The average Bonchev–Trinajstić information content (AvgIpc) is 3.25. The highest BCUT2D eigenvalue weighted by Gasteiger charge is 2.18. The normalized spacial score (nSPS) is 11.1. The van der Waals surface area contributed by atoms with Crippen molar-refractivity contribution in [2.75, 3.05) is 0 Å². The summed E-state index contributed by atoms with van der Waals surface area (Å²) in [6.07, 6.45) is 0. The van der Waals surface area contributed by atoms with E-state index in [1.165, 1.54) is 0 Å². The summed E-state index contributed by atoms with van der Waals surface area (Å²) in [6, 6.07) is 16.0. The molecule has 0 spiro atoms. The van der Waals surface area contributed by atoms with Crippen LogP contribution in [0.15, 0.2) is 53.7 Å². The molecule has 2 aromatic carbocycles. The van der Waals surface area contributed by atoms with E-state index in [1.807, 2.05) is 43.3 Å². The van der Waals surface area contributed by atoms with Crippen LogP contribution in [0.4, 0.5) is 0 Å². The summed E-state index contributed by atoms with van der Waals surface area (Å²) in [7, 11) is 0. The molecule has 28 heavy (non-hydrogen) atoms. The average molecular weight is 411 g/mol. The number of para-hydroxylation sites is 2. The van der Waals surface area contributed by atoms with Crippen molar-refractivity contribution in [2.45, 2.75) is 31.7 Å². The van der Waals surface area contributed by atoms with Gasteiger partial charge in [-0.15, -0.1) is 5.10 Å². The largest absolute Gasteiger partial charge is 0.222 e. The lowest BCUT2D eigenvalue weighted by Gasteiger charge is -2.10. The molecule has 0 fully saturated rings. The lowest BCUT2D eigenvalue weighted by atomic mass is 10.1. The molecule has 0 bridgehead atoms. The van der Waals surface area contributed by atoms with Gasteiger partial charge in [-0.25, -0.2) is 4.68 Å². The fourth-order valence-corrected chi connectivity index (χ4v) is 4.50. The van der Waals surface area contributed by atoms with Crippen molar-refractivity contribution in [3.8, 4) is 11.4 Å². The van der Waals surface area contributed by atoms with Crippen LogP contribution in [0, 0.1) is 20.8 Å². The predicted octanol–water partition coefficient (Wildman–Crippen LogP) is 4.72. The number of thioether (sulfide) groups is 1. The first-order chi connectivity index (χ1) is 13.6. The molecule has 0 amide bonds. The third-order valence-corrected chi connectivity index (χ3v) is 5.89. The Morgan fingerprint density at radius 2 is 1.64 bits per heavy atom. The third kappa shape index (κ3) is 3.43. The van der Waals surface area contributed by atoms with Crippen molar-refractivity contribution in [3.05, 3.63) is 76.1 Å². The summed E-state index contributed by atoms with van der Waals surface area (Å²) >= 11 is 8.19. The van der Waals surface area contributed by atoms with Gasteiger partial charge in [-0.3, -0.25) is 0 Å². The Kier molecular flexibility index (Phi) is 5.19. The minimum atomic E-state index is 0.613. The Morgan fingerprint density at radius 3 is 2.36 bits per heavy atom. The third-order valence-electron chi connectivity index (χ3n) is 4.56. The van der Waals surface area contributed by atoms with Crippen LogP contribution < -0.4 is 0 Å². The van der Waals surface area contributed by atoms with Crippen molar-refractivity contribution >= 4 is 23.4 Å². The Balaban J connectivity index is 1.62. The molecule has 4 rings (SSSR count). The van der Waals surface area contributed by atoms with Gasteiger partial charge in [0.05, 0.1) is 17.1 Å². The van der Waals surface area contributed by atoms with Crippen molar-refractivity contribution in [3.63, 3.8) is 0 Å². The fraction of sp³-hybridized carbons (Fsp3) is 0.200. The van der Waals surface area contributed by atoms with Gasteiger partial charge in [0.1, 0.15) is 5.15 Å². The smallest absolute Gasteiger partial charge is 0.214 e. The number of hydrogen-bond acceptors (Lipinski definition) is 5. The molecule has 142 valence electrons. The first-order valence-corrected chi connectivity index (χ1v) is 10.2. The molecule has 0 radical (unpaired) electrons. The van der Waals surface area contributed by atoms with Gasteiger partial charge in [-0.05, 0) is 54.5 Å². The second kappa shape index (κ2) is 7.77. The minimum absolute atomic E-state index is 0.613. The van der Waals surface area contributed by atoms with Gasteiger partial charge in [-0.1, -0.05) is 59.8 Å². The second-order valence-corrected chi connectivity index (χ2v) is 7.80. The molecule has 0 aliphatic heterocycles. The summed E-state index contributed by atoms with van der Waals surface area (Å²) in [6.45, 7) is 6.09. The number of nitrogens with zero attached hydrogens (tertiary/aromatic N) is 6. The fourth-order valence-electron chi connectivity index (χ4n) is 3.12. The van der Waals surface area contributed by atoms with E-state index in [4.69, 9.17) is 11.6 Å². The van der Waals surface area contributed by atoms with Crippen LogP contribution in [0.5, 0.6) is 0 Å². The topological polar surface area (TPSA) is 61.4 Å². The molecule has 6 nitrogen and oxygen atoms in total. The molecular formula is C20H19ClN6S. The van der Waals surface area contributed by atoms with Crippen molar-refractivity contribution in [1.82, 2.24) is 30.0 Å². The van der Waals surface area contributed by atoms with E-state index in [2.05, 4.69) is 46.6 Å². The van der Waals surface area contributed by atoms with E-state index in [0.29, 0.717) is 10.9 Å². The maximum atomic E-state index is 6.64. The zero-order valence-electron chi connectivity index (χ0n) is 15.8. The zero-order chi connectivity index (χ0) is 19.7. The van der Waals surface area contributed by atoms with Gasteiger partial charge in [-0.2, -0.15) is 9.78 Å². The Morgan fingerprint density at radius 1 is 0.929 bits per heavy atom. The van der Waals surface area contributed by atoms with E-state index in [9.17, 15) is 0 Å². The second-order valence-electron chi connectivity index (χ2n) is 6.50. The van der Waals surface area contributed by atoms with Crippen LogP contribution in [0.2, 0.25) is 5.15 Å². The van der Waals surface area contributed by atoms with Gasteiger partial charge < -0.3 is 0 Å². The predicted molar refractivity (Wildman–Crippen MR) is 112 cm³/mol. The molecule has 0 saturated heterocycles. The summed E-state index contributed by atoms with van der Waals surface area (Å²) in [5.74, 6) is 0.628. The molecular weight excluding hydrogens is 392 g/mol. The van der Waals surface area contributed by atoms with Crippen molar-refractivity contribution in [1.29, 1.82) is 0 Å².